The molecule has 0 saturated carbocycles. The Kier molecular flexibility index (Phi) is 4.15. The van der Waals surface area contributed by atoms with Crippen LogP contribution < -0.4 is 10.6 Å². The Balaban J connectivity index is 1.76. The zero-order valence-electron chi connectivity index (χ0n) is 9.98. The van der Waals surface area contributed by atoms with E-state index in [4.69, 9.17) is 10.00 Å². The van der Waals surface area contributed by atoms with Crippen molar-refractivity contribution in [2.45, 2.75) is 19.0 Å². The Morgan fingerprint density at radius 1 is 1.44 bits per heavy atom. The highest BCUT2D eigenvalue weighted by atomic mass is 16.5. The van der Waals surface area contributed by atoms with E-state index in [-0.39, 0.29) is 12.1 Å². The SMILES string of the molecule is N#Cc1ccc(CNC(=O)NC2CCOC2)cc1. The maximum atomic E-state index is 11.6. The number of rotatable bonds is 3. The van der Waals surface area contributed by atoms with Crippen LogP contribution in [0.5, 0.6) is 0 Å². The van der Waals surface area contributed by atoms with Crippen molar-refractivity contribution in [3.63, 3.8) is 0 Å². The van der Waals surface area contributed by atoms with Crippen molar-refractivity contribution in [3.05, 3.63) is 35.4 Å². The van der Waals surface area contributed by atoms with Crippen LogP contribution >= 0.6 is 0 Å². The molecule has 18 heavy (non-hydrogen) atoms. The first-order valence-electron chi connectivity index (χ1n) is 5.89. The van der Waals surface area contributed by atoms with Crippen LogP contribution in [0.15, 0.2) is 24.3 Å². The number of amides is 2. The highest BCUT2D eigenvalue weighted by Crippen LogP contribution is 2.04. The third-order valence-corrected chi connectivity index (χ3v) is 2.80. The van der Waals surface area contributed by atoms with Gasteiger partial charge in [-0.15, -0.1) is 0 Å². The molecule has 1 unspecified atom stereocenters. The summed E-state index contributed by atoms with van der Waals surface area (Å²) in [6, 6.07) is 9.12. The minimum absolute atomic E-state index is 0.117. The van der Waals surface area contributed by atoms with Crippen molar-refractivity contribution in [2.24, 2.45) is 0 Å². The van der Waals surface area contributed by atoms with Gasteiger partial charge in [-0.25, -0.2) is 4.79 Å². The lowest BCUT2D eigenvalue weighted by Crippen LogP contribution is -2.42. The van der Waals surface area contributed by atoms with Crippen molar-refractivity contribution >= 4 is 6.03 Å². The second kappa shape index (κ2) is 6.03. The Morgan fingerprint density at radius 3 is 2.83 bits per heavy atom. The van der Waals surface area contributed by atoms with Crippen molar-refractivity contribution in [3.8, 4) is 6.07 Å². The van der Waals surface area contributed by atoms with Gasteiger partial charge in [0.05, 0.1) is 24.3 Å². The van der Waals surface area contributed by atoms with Crippen LogP contribution in [0.1, 0.15) is 17.5 Å². The minimum Gasteiger partial charge on any atom is -0.379 e. The first-order valence-corrected chi connectivity index (χ1v) is 5.89. The second-order valence-electron chi connectivity index (χ2n) is 4.20. The zero-order chi connectivity index (χ0) is 12.8. The lowest BCUT2D eigenvalue weighted by Gasteiger charge is -2.11. The van der Waals surface area contributed by atoms with Crippen LogP contribution in [0.25, 0.3) is 0 Å². The molecule has 1 aliphatic heterocycles. The maximum absolute atomic E-state index is 11.6. The number of nitrogens with one attached hydrogen (secondary N) is 2. The van der Waals surface area contributed by atoms with Crippen LogP contribution in [-0.2, 0) is 11.3 Å². The van der Waals surface area contributed by atoms with Gasteiger partial charge < -0.3 is 15.4 Å². The fourth-order valence-electron chi connectivity index (χ4n) is 1.76. The number of ether oxygens (including phenoxy) is 1. The van der Waals surface area contributed by atoms with Crippen molar-refractivity contribution in [1.29, 1.82) is 5.26 Å². The van der Waals surface area contributed by atoms with Crippen LogP contribution in [-0.4, -0.2) is 25.3 Å². The van der Waals surface area contributed by atoms with Crippen LogP contribution in [0.3, 0.4) is 0 Å². The lowest BCUT2D eigenvalue weighted by molar-refractivity contribution is 0.188. The summed E-state index contributed by atoms with van der Waals surface area (Å²) in [5.41, 5.74) is 1.58. The van der Waals surface area contributed by atoms with Crippen LogP contribution in [0.4, 0.5) is 4.79 Å². The van der Waals surface area contributed by atoms with Gasteiger partial charge in [0.1, 0.15) is 0 Å². The molecule has 1 aliphatic rings. The third-order valence-electron chi connectivity index (χ3n) is 2.80. The highest BCUT2D eigenvalue weighted by molar-refractivity contribution is 5.74. The molecule has 1 fully saturated rings. The summed E-state index contributed by atoms with van der Waals surface area (Å²) < 4.78 is 5.17. The molecule has 0 aliphatic carbocycles. The van der Waals surface area contributed by atoms with Crippen molar-refractivity contribution < 1.29 is 9.53 Å². The number of benzene rings is 1. The third kappa shape index (κ3) is 3.47. The minimum atomic E-state index is -0.185. The van der Waals surface area contributed by atoms with Crippen LogP contribution in [0, 0.1) is 11.3 Å². The Labute approximate surface area is 106 Å². The molecule has 1 aromatic carbocycles. The van der Waals surface area contributed by atoms with Gasteiger partial charge in [-0.1, -0.05) is 12.1 Å². The van der Waals surface area contributed by atoms with Gasteiger partial charge in [0.15, 0.2) is 0 Å². The first-order chi connectivity index (χ1) is 8.78. The van der Waals surface area contributed by atoms with E-state index in [1.807, 2.05) is 12.1 Å². The number of carbonyl (C=O) groups excluding carboxylic acids is 1. The van der Waals surface area contributed by atoms with Gasteiger partial charge in [-0.2, -0.15) is 5.26 Å². The molecule has 1 saturated heterocycles. The number of urea groups is 1. The normalized spacial score (nSPS) is 18.1. The summed E-state index contributed by atoms with van der Waals surface area (Å²) in [6.07, 6.45) is 0.865. The van der Waals surface area contributed by atoms with Gasteiger partial charge in [0.2, 0.25) is 0 Å². The molecular weight excluding hydrogens is 230 g/mol. The lowest BCUT2D eigenvalue weighted by atomic mass is 10.1. The molecule has 0 radical (unpaired) electrons. The Bertz CT molecular complexity index is 444. The Hall–Kier alpha value is -2.06. The van der Waals surface area contributed by atoms with E-state index in [2.05, 4.69) is 16.7 Å². The second-order valence-corrected chi connectivity index (χ2v) is 4.20. The van der Waals surface area contributed by atoms with E-state index in [1.165, 1.54) is 0 Å². The van der Waals surface area contributed by atoms with Crippen molar-refractivity contribution in [2.75, 3.05) is 13.2 Å². The predicted octanol–water partition coefficient (Wildman–Crippen LogP) is 1.15. The molecule has 5 nitrogen and oxygen atoms in total. The molecule has 5 heteroatoms. The van der Waals surface area contributed by atoms with Gasteiger partial charge in [-0.05, 0) is 24.1 Å². The van der Waals surface area contributed by atoms with Crippen molar-refractivity contribution in [1.82, 2.24) is 10.6 Å². The molecule has 2 N–H and O–H groups in total. The average molecular weight is 245 g/mol. The monoisotopic (exact) mass is 245 g/mol. The fourth-order valence-corrected chi connectivity index (χ4v) is 1.76. The van der Waals surface area contributed by atoms with Gasteiger partial charge in [0, 0.05) is 13.2 Å². The molecule has 1 heterocycles. The van der Waals surface area contributed by atoms with Gasteiger partial charge >= 0.3 is 6.03 Å². The molecule has 1 aromatic rings. The topological polar surface area (TPSA) is 74.2 Å². The van der Waals surface area contributed by atoms with E-state index in [9.17, 15) is 4.79 Å². The summed E-state index contributed by atoms with van der Waals surface area (Å²) in [7, 11) is 0. The quantitative estimate of drug-likeness (QED) is 0.838. The molecule has 0 aromatic heterocycles. The number of hydrogen-bond donors (Lipinski definition) is 2. The fraction of sp³-hybridized carbons (Fsp3) is 0.385. The zero-order valence-corrected chi connectivity index (χ0v) is 9.98. The molecule has 94 valence electrons. The number of hydrogen-bond acceptors (Lipinski definition) is 3. The molecule has 2 rings (SSSR count). The number of nitriles is 1. The van der Waals surface area contributed by atoms with E-state index in [0.717, 1.165) is 12.0 Å². The molecule has 1 atom stereocenters. The summed E-state index contributed by atoms with van der Waals surface area (Å²) in [4.78, 5) is 11.6. The standard InChI is InChI=1S/C13H15N3O2/c14-7-10-1-3-11(4-2-10)8-15-13(17)16-12-5-6-18-9-12/h1-4,12H,5-6,8-9H2,(H2,15,16,17). The Morgan fingerprint density at radius 2 is 2.22 bits per heavy atom. The van der Waals surface area contributed by atoms with E-state index >= 15 is 0 Å². The summed E-state index contributed by atoms with van der Waals surface area (Å²) in [6.45, 7) is 1.75. The molecular formula is C13H15N3O2. The average Bonchev–Trinajstić information content (AvgIpc) is 2.90. The molecule has 0 bridgehead atoms. The number of nitrogens with zero attached hydrogens (tertiary/aromatic N) is 1. The highest BCUT2D eigenvalue weighted by Gasteiger charge is 2.17. The van der Waals surface area contributed by atoms with Crippen LogP contribution in [0.2, 0.25) is 0 Å². The molecule has 2 amide bonds. The smallest absolute Gasteiger partial charge is 0.315 e. The largest absolute Gasteiger partial charge is 0.379 e. The van der Waals surface area contributed by atoms with Gasteiger partial charge in [-0.3, -0.25) is 0 Å². The van der Waals surface area contributed by atoms with Gasteiger partial charge in [0.25, 0.3) is 0 Å². The summed E-state index contributed by atoms with van der Waals surface area (Å²) >= 11 is 0. The number of carbonyl (C=O) groups is 1. The molecule has 0 spiro atoms. The summed E-state index contributed by atoms with van der Waals surface area (Å²) in [5.74, 6) is 0. The summed E-state index contributed by atoms with van der Waals surface area (Å²) in [5, 5.41) is 14.3. The first kappa shape index (κ1) is 12.4. The predicted molar refractivity (Wildman–Crippen MR) is 65.8 cm³/mol. The van der Waals surface area contributed by atoms with E-state index in [1.54, 1.807) is 12.1 Å². The van der Waals surface area contributed by atoms with E-state index in [0.29, 0.717) is 25.3 Å². The maximum Gasteiger partial charge on any atom is 0.315 e. The van der Waals surface area contributed by atoms with E-state index < -0.39 is 0 Å².